The van der Waals surface area contributed by atoms with Crippen molar-refractivity contribution in [2.24, 2.45) is 0 Å². The molecule has 0 aromatic heterocycles. The van der Waals surface area contributed by atoms with Crippen LogP contribution in [0.5, 0.6) is 5.75 Å². The van der Waals surface area contributed by atoms with E-state index < -0.39 is 11.6 Å². The number of hydrogen-bond donors (Lipinski definition) is 1. The number of rotatable bonds is 5. The molecule has 0 saturated carbocycles. The molecule has 0 bridgehead atoms. The Morgan fingerprint density at radius 2 is 2.04 bits per heavy atom. The van der Waals surface area contributed by atoms with Crippen LogP contribution in [-0.2, 0) is 17.8 Å². The molecular formula is C19H20F2N2O2. The third kappa shape index (κ3) is 4.07. The normalized spacial score (nSPS) is 13.3. The van der Waals surface area contributed by atoms with Crippen molar-refractivity contribution in [1.82, 2.24) is 5.32 Å². The summed E-state index contributed by atoms with van der Waals surface area (Å²) in [5.41, 5.74) is 2.27. The molecule has 1 aliphatic heterocycles. The second kappa shape index (κ2) is 7.51. The first kappa shape index (κ1) is 17.2. The first-order valence-corrected chi connectivity index (χ1v) is 8.19. The van der Waals surface area contributed by atoms with Crippen LogP contribution >= 0.6 is 0 Å². The predicted molar refractivity (Wildman–Crippen MR) is 91.7 cm³/mol. The average molecular weight is 346 g/mol. The molecule has 0 fully saturated rings. The first-order chi connectivity index (χ1) is 12.1. The van der Waals surface area contributed by atoms with Crippen molar-refractivity contribution in [2.45, 2.75) is 19.4 Å². The van der Waals surface area contributed by atoms with E-state index in [1.165, 1.54) is 12.1 Å². The number of carbonyl (C=O) groups is 1. The van der Waals surface area contributed by atoms with E-state index in [9.17, 15) is 13.6 Å². The van der Waals surface area contributed by atoms with Gasteiger partial charge in [0.05, 0.1) is 13.7 Å². The van der Waals surface area contributed by atoms with Gasteiger partial charge in [0.1, 0.15) is 5.75 Å². The molecule has 2 aromatic carbocycles. The van der Waals surface area contributed by atoms with Crippen LogP contribution in [0.1, 0.15) is 17.5 Å². The molecule has 4 nitrogen and oxygen atoms in total. The zero-order valence-corrected chi connectivity index (χ0v) is 14.0. The van der Waals surface area contributed by atoms with E-state index in [0.29, 0.717) is 25.2 Å². The van der Waals surface area contributed by atoms with E-state index in [4.69, 9.17) is 4.74 Å². The highest BCUT2D eigenvalue weighted by atomic mass is 19.2. The average Bonchev–Trinajstić information content (AvgIpc) is 2.62. The number of aryl methyl sites for hydroxylation is 1. The minimum Gasteiger partial charge on any atom is -0.497 e. The summed E-state index contributed by atoms with van der Waals surface area (Å²) in [7, 11) is 1.59. The van der Waals surface area contributed by atoms with Crippen molar-refractivity contribution in [2.75, 3.05) is 25.1 Å². The number of methoxy groups -OCH3 is 1. The van der Waals surface area contributed by atoms with Crippen LogP contribution in [0.15, 0.2) is 36.4 Å². The van der Waals surface area contributed by atoms with Crippen LogP contribution in [-0.4, -0.2) is 26.1 Å². The van der Waals surface area contributed by atoms with Gasteiger partial charge in [-0.3, -0.25) is 4.79 Å². The first-order valence-electron chi connectivity index (χ1n) is 8.19. The molecular weight excluding hydrogens is 326 g/mol. The van der Waals surface area contributed by atoms with Crippen LogP contribution < -0.4 is 15.0 Å². The van der Waals surface area contributed by atoms with Crippen LogP contribution in [0.3, 0.4) is 0 Å². The smallest absolute Gasteiger partial charge is 0.239 e. The monoisotopic (exact) mass is 346 g/mol. The summed E-state index contributed by atoms with van der Waals surface area (Å²) in [6.45, 7) is 1.14. The van der Waals surface area contributed by atoms with Gasteiger partial charge < -0.3 is 15.0 Å². The Bertz CT molecular complexity index is 780. The zero-order valence-electron chi connectivity index (χ0n) is 14.0. The molecule has 0 saturated heterocycles. The molecule has 0 radical (unpaired) electrons. The molecule has 1 heterocycles. The molecule has 1 amide bonds. The SMILES string of the molecule is COc1cccc(CNC(=O)CN2CCCc3cc(F)c(F)cc32)c1. The highest BCUT2D eigenvalue weighted by Crippen LogP contribution is 2.29. The summed E-state index contributed by atoms with van der Waals surface area (Å²) in [5, 5.41) is 2.85. The van der Waals surface area contributed by atoms with E-state index in [-0.39, 0.29) is 12.5 Å². The van der Waals surface area contributed by atoms with E-state index in [1.807, 2.05) is 24.3 Å². The van der Waals surface area contributed by atoms with Gasteiger partial charge in [-0.05, 0) is 42.2 Å². The van der Waals surface area contributed by atoms with Gasteiger partial charge in [-0.25, -0.2) is 8.78 Å². The van der Waals surface area contributed by atoms with Gasteiger partial charge in [-0.2, -0.15) is 0 Å². The number of nitrogens with one attached hydrogen (secondary N) is 1. The van der Waals surface area contributed by atoms with Crippen molar-refractivity contribution in [3.8, 4) is 5.75 Å². The number of anilines is 1. The fourth-order valence-corrected chi connectivity index (χ4v) is 3.03. The lowest BCUT2D eigenvalue weighted by Crippen LogP contribution is -2.39. The Morgan fingerprint density at radius 1 is 1.24 bits per heavy atom. The summed E-state index contributed by atoms with van der Waals surface area (Å²) in [6, 6.07) is 9.86. The Labute approximate surface area is 145 Å². The van der Waals surface area contributed by atoms with Crippen molar-refractivity contribution < 1.29 is 18.3 Å². The minimum absolute atomic E-state index is 0.113. The van der Waals surface area contributed by atoms with Gasteiger partial charge >= 0.3 is 0 Å². The molecule has 132 valence electrons. The van der Waals surface area contributed by atoms with Crippen LogP contribution in [0.25, 0.3) is 0 Å². The summed E-state index contributed by atoms with van der Waals surface area (Å²) in [6.07, 6.45) is 1.50. The van der Waals surface area contributed by atoms with Gasteiger partial charge in [0, 0.05) is 24.8 Å². The topological polar surface area (TPSA) is 41.6 Å². The van der Waals surface area contributed by atoms with Crippen LogP contribution in [0.4, 0.5) is 14.5 Å². The Kier molecular flexibility index (Phi) is 5.16. The van der Waals surface area contributed by atoms with Crippen molar-refractivity contribution in [3.05, 3.63) is 59.2 Å². The van der Waals surface area contributed by atoms with E-state index >= 15 is 0 Å². The summed E-state index contributed by atoms with van der Waals surface area (Å²) in [4.78, 5) is 14.0. The molecule has 3 rings (SSSR count). The van der Waals surface area contributed by atoms with Crippen molar-refractivity contribution in [1.29, 1.82) is 0 Å². The van der Waals surface area contributed by atoms with Crippen LogP contribution in [0.2, 0.25) is 0 Å². The number of carbonyl (C=O) groups excluding carboxylic acids is 1. The predicted octanol–water partition coefficient (Wildman–Crippen LogP) is 3.04. The van der Waals surface area contributed by atoms with Crippen molar-refractivity contribution >= 4 is 11.6 Å². The maximum Gasteiger partial charge on any atom is 0.239 e. The quantitative estimate of drug-likeness (QED) is 0.905. The number of hydrogen-bond acceptors (Lipinski definition) is 3. The number of amides is 1. The lowest BCUT2D eigenvalue weighted by atomic mass is 10.0. The molecule has 1 aliphatic rings. The molecule has 0 atom stereocenters. The fraction of sp³-hybridized carbons (Fsp3) is 0.316. The highest BCUT2D eigenvalue weighted by Gasteiger charge is 2.21. The molecule has 6 heteroatoms. The fourth-order valence-electron chi connectivity index (χ4n) is 3.03. The van der Waals surface area contributed by atoms with Gasteiger partial charge in [0.2, 0.25) is 5.91 Å². The molecule has 2 aromatic rings. The highest BCUT2D eigenvalue weighted by molar-refractivity contribution is 5.82. The molecule has 1 N–H and O–H groups in total. The third-order valence-electron chi connectivity index (χ3n) is 4.29. The van der Waals surface area contributed by atoms with E-state index in [2.05, 4.69) is 5.32 Å². The molecule has 0 unspecified atom stereocenters. The number of halogens is 2. The minimum atomic E-state index is -0.887. The Balaban J connectivity index is 1.63. The number of ether oxygens (including phenoxy) is 1. The van der Waals surface area contributed by atoms with E-state index in [0.717, 1.165) is 23.3 Å². The van der Waals surface area contributed by atoms with Gasteiger partial charge in [0.15, 0.2) is 11.6 Å². The Hall–Kier alpha value is -2.63. The van der Waals surface area contributed by atoms with Gasteiger partial charge in [0.25, 0.3) is 0 Å². The van der Waals surface area contributed by atoms with E-state index in [1.54, 1.807) is 12.0 Å². The second-order valence-electron chi connectivity index (χ2n) is 6.05. The molecule has 25 heavy (non-hydrogen) atoms. The molecule has 0 spiro atoms. The lowest BCUT2D eigenvalue weighted by molar-refractivity contribution is -0.119. The largest absolute Gasteiger partial charge is 0.497 e. The summed E-state index contributed by atoms with van der Waals surface area (Å²) < 4.78 is 32.1. The second-order valence-corrected chi connectivity index (χ2v) is 6.05. The van der Waals surface area contributed by atoms with Crippen molar-refractivity contribution in [3.63, 3.8) is 0 Å². The van der Waals surface area contributed by atoms with Crippen LogP contribution in [0, 0.1) is 11.6 Å². The standard InChI is InChI=1S/C19H20F2N2O2/c1-25-15-6-2-4-13(8-15)11-22-19(24)12-23-7-3-5-14-9-16(20)17(21)10-18(14)23/h2,4,6,8-10H,3,5,7,11-12H2,1H3,(H,22,24). The number of fused-ring (bicyclic) bond motifs is 1. The summed E-state index contributed by atoms with van der Waals surface area (Å²) in [5.74, 6) is -1.17. The number of benzene rings is 2. The lowest BCUT2D eigenvalue weighted by Gasteiger charge is -2.30. The van der Waals surface area contributed by atoms with Gasteiger partial charge in [-0.15, -0.1) is 0 Å². The third-order valence-corrected chi connectivity index (χ3v) is 4.29. The summed E-state index contributed by atoms with van der Waals surface area (Å²) >= 11 is 0. The Morgan fingerprint density at radius 3 is 2.84 bits per heavy atom. The maximum absolute atomic E-state index is 13.5. The maximum atomic E-state index is 13.5. The number of nitrogens with zero attached hydrogens (tertiary/aromatic N) is 1. The molecule has 0 aliphatic carbocycles. The zero-order chi connectivity index (χ0) is 17.8. The van der Waals surface area contributed by atoms with Gasteiger partial charge in [-0.1, -0.05) is 12.1 Å².